The summed E-state index contributed by atoms with van der Waals surface area (Å²) >= 11 is 9.38. The van der Waals surface area contributed by atoms with Crippen LogP contribution in [-0.4, -0.2) is 51.4 Å². The summed E-state index contributed by atoms with van der Waals surface area (Å²) in [5.74, 6) is -0.635. The van der Waals surface area contributed by atoms with Crippen LogP contribution in [-0.2, 0) is 26.2 Å². The van der Waals surface area contributed by atoms with Crippen molar-refractivity contribution in [3.05, 3.63) is 87.9 Å². The largest absolute Gasteiger partial charge is 0.492 e. The monoisotopic (exact) mass is 621 g/mol. The van der Waals surface area contributed by atoms with Crippen molar-refractivity contribution in [3.8, 4) is 5.75 Å². The molecule has 0 heterocycles. The molecule has 0 spiro atoms. The molecule has 3 aromatic carbocycles. The van der Waals surface area contributed by atoms with Gasteiger partial charge in [0.1, 0.15) is 18.3 Å². The lowest BCUT2D eigenvalue weighted by atomic mass is 10.1. The minimum Gasteiger partial charge on any atom is -0.492 e. The number of ether oxygens (including phenoxy) is 1. The number of amides is 2. The van der Waals surface area contributed by atoms with Crippen molar-refractivity contribution in [2.24, 2.45) is 0 Å². The maximum Gasteiger partial charge on any atom is 0.264 e. The van der Waals surface area contributed by atoms with E-state index in [2.05, 4.69) is 21.2 Å². The van der Waals surface area contributed by atoms with E-state index in [1.165, 1.54) is 36.2 Å². The number of hydrogen-bond donors (Lipinski definition) is 1. The fourth-order valence-electron chi connectivity index (χ4n) is 3.77. The number of halogens is 2. The molecule has 0 radical (unpaired) electrons. The zero-order valence-corrected chi connectivity index (χ0v) is 24.4. The number of carbonyl (C=O) groups excluding carboxylic acids is 2. The molecule has 0 unspecified atom stereocenters. The number of para-hydroxylation sites is 2. The Morgan fingerprint density at radius 3 is 2.26 bits per heavy atom. The van der Waals surface area contributed by atoms with Crippen molar-refractivity contribution in [3.63, 3.8) is 0 Å². The first-order valence-electron chi connectivity index (χ1n) is 11.8. The van der Waals surface area contributed by atoms with Crippen LogP contribution in [0.4, 0.5) is 5.69 Å². The average Bonchev–Trinajstić information content (AvgIpc) is 2.91. The van der Waals surface area contributed by atoms with Crippen molar-refractivity contribution in [1.29, 1.82) is 0 Å². The van der Waals surface area contributed by atoms with Gasteiger partial charge in [-0.1, -0.05) is 51.8 Å². The van der Waals surface area contributed by atoms with E-state index in [1.54, 1.807) is 38.1 Å². The first kappa shape index (κ1) is 29.5. The van der Waals surface area contributed by atoms with E-state index in [0.29, 0.717) is 17.4 Å². The van der Waals surface area contributed by atoms with Crippen LogP contribution in [0.2, 0.25) is 5.02 Å². The van der Waals surface area contributed by atoms with Crippen molar-refractivity contribution in [1.82, 2.24) is 10.2 Å². The number of sulfonamides is 1. The second kappa shape index (κ2) is 13.1. The topological polar surface area (TPSA) is 96.0 Å². The Morgan fingerprint density at radius 1 is 1.03 bits per heavy atom. The van der Waals surface area contributed by atoms with Gasteiger partial charge in [0.25, 0.3) is 10.0 Å². The Kier molecular flexibility index (Phi) is 10.2. The highest BCUT2D eigenvalue weighted by Gasteiger charge is 2.33. The van der Waals surface area contributed by atoms with Crippen LogP contribution in [0.3, 0.4) is 0 Å². The summed E-state index contributed by atoms with van der Waals surface area (Å²) in [6, 6.07) is 18.8. The molecule has 0 fully saturated rings. The standard InChI is InChI=1S/C27H29BrClN3O5S/c1-4-37-25-8-6-5-7-24(25)32(38(35,36)23-15-13-22(29)14-16-23)18-26(33)31(19(2)27(34)30-3)17-20-9-11-21(28)12-10-20/h5-16,19H,4,17-18H2,1-3H3,(H,30,34)/t19-/m1/s1. The van der Waals surface area contributed by atoms with Crippen LogP contribution in [0, 0.1) is 0 Å². The van der Waals surface area contributed by atoms with Gasteiger partial charge in [-0.2, -0.15) is 0 Å². The van der Waals surface area contributed by atoms with Gasteiger partial charge in [-0.15, -0.1) is 0 Å². The summed E-state index contributed by atoms with van der Waals surface area (Å²) in [4.78, 5) is 27.7. The normalized spacial score (nSPS) is 11.9. The van der Waals surface area contributed by atoms with Gasteiger partial charge in [0, 0.05) is 23.1 Å². The zero-order chi connectivity index (χ0) is 27.9. The third kappa shape index (κ3) is 7.06. The fourth-order valence-corrected chi connectivity index (χ4v) is 5.58. The lowest BCUT2D eigenvalue weighted by Crippen LogP contribution is -2.50. The minimum atomic E-state index is -4.23. The summed E-state index contributed by atoms with van der Waals surface area (Å²) in [6.45, 7) is 3.21. The molecule has 11 heteroatoms. The van der Waals surface area contributed by atoms with E-state index in [4.69, 9.17) is 16.3 Å². The second-order valence-corrected chi connectivity index (χ2v) is 11.5. The van der Waals surface area contributed by atoms with Gasteiger partial charge in [0.05, 0.1) is 17.2 Å². The molecule has 202 valence electrons. The Bertz CT molecular complexity index is 1370. The molecule has 1 N–H and O–H groups in total. The molecule has 3 rings (SSSR count). The van der Waals surface area contributed by atoms with Crippen molar-refractivity contribution < 1.29 is 22.7 Å². The molecular formula is C27H29BrClN3O5S. The third-order valence-corrected chi connectivity index (χ3v) is 8.35. The Labute approximate surface area is 236 Å². The number of anilines is 1. The molecule has 38 heavy (non-hydrogen) atoms. The number of nitrogens with zero attached hydrogens (tertiary/aromatic N) is 2. The zero-order valence-electron chi connectivity index (χ0n) is 21.2. The van der Waals surface area contributed by atoms with Gasteiger partial charge in [-0.25, -0.2) is 8.42 Å². The van der Waals surface area contributed by atoms with Crippen LogP contribution in [0.5, 0.6) is 5.75 Å². The maximum absolute atomic E-state index is 13.9. The number of likely N-dealkylation sites (N-methyl/N-ethyl adjacent to an activating group) is 1. The maximum atomic E-state index is 13.9. The second-order valence-electron chi connectivity index (χ2n) is 8.30. The summed E-state index contributed by atoms with van der Waals surface area (Å²) in [7, 11) is -2.75. The molecule has 0 bridgehead atoms. The van der Waals surface area contributed by atoms with Crippen LogP contribution in [0.1, 0.15) is 19.4 Å². The minimum absolute atomic E-state index is 0.0418. The lowest BCUT2D eigenvalue weighted by molar-refractivity contribution is -0.139. The van der Waals surface area contributed by atoms with E-state index < -0.39 is 28.5 Å². The quantitative estimate of drug-likeness (QED) is 0.330. The molecule has 0 aliphatic carbocycles. The van der Waals surface area contributed by atoms with Gasteiger partial charge >= 0.3 is 0 Å². The average molecular weight is 623 g/mol. The van der Waals surface area contributed by atoms with E-state index in [-0.39, 0.29) is 23.0 Å². The number of carbonyl (C=O) groups is 2. The first-order valence-corrected chi connectivity index (χ1v) is 14.4. The first-order chi connectivity index (χ1) is 18.1. The smallest absolute Gasteiger partial charge is 0.264 e. The van der Waals surface area contributed by atoms with Gasteiger partial charge in [0.15, 0.2) is 0 Å². The number of nitrogens with one attached hydrogen (secondary N) is 1. The van der Waals surface area contributed by atoms with Crippen molar-refractivity contribution >= 4 is 55.1 Å². The molecule has 0 aliphatic rings. The predicted octanol–water partition coefficient (Wildman–Crippen LogP) is 4.86. The molecule has 0 saturated carbocycles. The summed E-state index contributed by atoms with van der Waals surface area (Å²) in [5.41, 5.74) is 0.980. The van der Waals surface area contributed by atoms with Gasteiger partial charge in [-0.05, 0) is 67.9 Å². The van der Waals surface area contributed by atoms with Crippen molar-refractivity contribution in [2.75, 3.05) is 24.5 Å². The summed E-state index contributed by atoms with van der Waals surface area (Å²) in [6.07, 6.45) is 0. The molecule has 3 aromatic rings. The van der Waals surface area contributed by atoms with Crippen LogP contribution >= 0.6 is 27.5 Å². The van der Waals surface area contributed by atoms with Crippen LogP contribution in [0.15, 0.2) is 82.2 Å². The molecular weight excluding hydrogens is 594 g/mol. The van der Waals surface area contributed by atoms with E-state index in [9.17, 15) is 18.0 Å². The van der Waals surface area contributed by atoms with Crippen LogP contribution in [0.25, 0.3) is 0 Å². The number of hydrogen-bond acceptors (Lipinski definition) is 5. The summed E-state index contributed by atoms with van der Waals surface area (Å²) < 4.78 is 35.3. The fraction of sp³-hybridized carbons (Fsp3) is 0.259. The number of benzene rings is 3. The van der Waals surface area contributed by atoms with Gasteiger partial charge in [0.2, 0.25) is 11.8 Å². The summed E-state index contributed by atoms with van der Waals surface area (Å²) in [5, 5.41) is 2.94. The molecule has 0 saturated heterocycles. The third-order valence-electron chi connectivity index (χ3n) is 5.79. The highest BCUT2D eigenvalue weighted by atomic mass is 79.9. The molecule has 8 nitrogen and oxygen atoms in total. The molecule has 1 atom stereocenters. The highest BCUT2D eigenvalue weighted by molar-refractivity contribution is 9.10. The molecule has 2 amide bonds. The SMILES string of the molecule is CCOc1ccccc1N(CC(=O)N(Cc1ccc(Br)cc1)[C@H](C)C(=O)NC)S(=O)(=O)c1ccc(Cl)cc1. The highest BCUT2D eigenvalue weighted by Crippen LogP contribution is 2.33. The number of rotatable bonds is 11. The Hall–Kier alpha value is -3.08. The van der Waals surface area contributed by atoms with Gasteiger partial charge in [-0.3, -0.25) is 13.9 Å². The van der Waals surface area contributed by atoms with Crippen LogP contribution < -0.4 is 14.4 Å². The van der Waals surface area contributed by atoms with E-state index in [0.717, 1.165) is 14.3 Å². The Morgan fingerprint density at radius 2 is 1.66 bits per heavy atom. The molecule has 0 aliphatic heterocycles. The van der Waals surface area contributed by atoms with Gasteiger partial charge < -0.3 is 15.0 Å². The lowest BCUT2D eigenvalue weighted by Gasteiger charge is -2.32. The Balaban J connectivity index is 2.08. The van der Waals surface area contributed by atoms with E-state index in [1.807, 2.05) is 24.3 Å². The van der Waals surface area contributed by atoms with Crippen molar-refractivity contribution in [2.45, 2.75) is 31.3 Å². The van der Waals surface area contributed by atoms with E-state index >= 15 is 0 Å². The molecule has 0 aromatic heterocycles. The predicted molar refractivity (Wildman–Crippen MR) is 152 cm³/mol.